The number of hydrogen-bond donors (Lipinski definition) is 0. The number of hydrogen-bond acceptors (Lipinski definition) is 6. The molecule has 0 fully saturated rings. The van der Waals surface area contributed by atoms with Gasteiger partial charge in [-0.1, -0.05) is 13.2 Å². The van der Waals surface area contributed by atoms with E-state index in [0.29, 0.717) is 25.0 Å². The van der Waals surface area contributed by atoms with Crippen molar-refractivity contribution in [3.05, 3.63) is 24.8 Å². The molecule has 0 aromatic rings. The monoisotopic (exact) mass is 440 g/mol. The Kier molecular flexibility index (Phi) is 13.3. The Morgan fingerprint density at radius 1 is 0.935 bits per heavy atom. The highest BCUT2D eigenvalue weighted by atomic mass is 16.3. The van der Waals surface area contributed by atoms with E-state index in [9.17, 15) is 19.8 Å². The summed E-state index contributed by atoms with van der Waals surface area (Å²) in [7, 11) is 14.0. The van der Waals surface area contributed by atoms with E-state index >= 15 is 0 Å². The highest BCUT2D eigenvalue weighted by molar-refractivity contribution is 5.94. The zero-order valence-corrected chi connectivity index (χ0v) is 20.6. The summed E-state index contributed by atoms with van der Waals surface area (Å²) < 4.78 is 0.480. The predicted molar refractivity (Wildman–Crippen MR) is 120 cm³/mol. The molecule has 0 spiro atoms. The van der Waals surface area contributed by atoms with Gasteiger partial charge in [0.25, 0.3) is 0 Å². The first-order chi connectivity index (χ1) is 13.9. The summed E-state index contributed by atoms with van der Waals surface area (Å²) in [6, 6.07) is 0. The molecule has 178 valence electrons. The number of nitrogens with zero attached hydrogens (tertiary/aromatic N) is 6. The van der Waals surface area contributed by atoms with Crippen molar-refractivity contribution in [2.45, 2.75) is 19.8 Å². The van der Waals surface area contributed by atoms with Crippen LogP contribution in [0.5, 0.6) is 0 Å². The second-order valence-electron chi connectivity index (χ2n) is 8.88. The summed E-state index contributed by atoms with van der Waals surface area (Å²) in [5.41, 5.74) is 0.413. The first kappa shape index (κ1) is 30.5. The number of carbonyl (C=O) groups is 2. The molecule has 0 atom stereocenters. The van der Waals surface area contributed by atoms with Gasteiger partial charge in [-0.05, 0) is 25.8 Å². The third kappa shape index (κ3) is 17.8. The fourth-order valence-electron chi connectivity index (χ4n) is 2.08. The van der Waals surface area contributed by atoms with Crippen LogP contribution in [0.3, 0.4) is 0 Å². The zero-order valence-electron chi connectivity index (χ0n) is 20.6. The number of likely N-dealkylation sites (N-methyl/N-ethyl adjacent to an activating group) is 2. The summed E-state index contributed by atoms with van der Waals surface area (Å²) in [6.45, 7) is 9.06. The van der Waals surface area contributed by atoms with Crippen LogP contribution in [0, 0.1) is 0 Å². The molecule has 0 bridgehead atoms. The molecule has 0 aliphatic heterocycles. The molecule has 0 aromatic heterocycles. The van der Waals surface area contributed by atoms with Crippen LogP contribution < -0.4 is 10.2 Å². The third-order valence-corrected chi connectivity index (χ3v) is 3.34. The van der Waals surface area contributed by atoms with E-state index in [1.54, 1.807) is 42.2 Å². The molecule has 0 aliphatic carbocycles. The van der Waals surface area contributed by atoms with E-state index < -0.39 is 0 Å². The van der Waals surface area contributed by atoms with E-state index in [-0.39, 0.29) is 39.3 Å². The minimum absolute atomic E-state index is 0.0127. The molecule has 0 unspecified atom stereocenters. The lowest BCUT2D eigenvalue weighted by molar-refractivity contribution is -0.878. The van der Waals surface area contributed by atoms with Gasteiger partial charge in [-0.25, -0.2) is 9.18 Å². The fraction of sp³-hybridized carbons (Fsp3) is 0.619. The number of amides is 2. The molecular formula is C21H40N6O4. The molecule has 0 radical (unpaired) electrons. The first-order valence-electron chi connectivity index (χ1n) is 9.83. The van der Waals surface area contributed by atoms with Crippen LogP contribution in [-0.4, -0.2) is 112 Å². The van der Waals surface area contributed by atoms with Gasteiger partial charge in [0.1, 0.15) is 0 Å². The quantitative estimate of drug-likeness (QED) is 0.145. The van der Waals surface area contributed by atoms with Gasteiger partial charge in [-0.15, -0.1) is 10.2 Å². The number of quaternary nitrogens is 2. The Balaban J connectivity index is 0. The van der Waals surface area contributed by atoms with Crippen LogP contribution in [-0.2, 0) is 9.59 Å². The Bertz CT molecular complexity index is 687. The second-order valence-corrected chi connectivity index (χ2v) is 8.88. The van der Waals surface area contributed by atoms with E-state index in [1.807, 2.05) is 21.1 Å². The lowest BCUT2D eigenvalue weighted by Gasteiger charge is -2.24. The van der Waals surface area contributed by atoms with Crippen LogP contribution in [0.25, 0.3) is 0 Å². The molecule has 0 heterocycles. The molecule has 0 saturated heterocycles. The Morgan fingerprint density at radius 3 is 1.77 bits per heavy atom. The van der Waals surface area contributed by atoms with Gasteiger partial charge in [0, 0.05) is 38.0 Å². The summed E-state index contributed by atoms with van der Waals surface area (Å²) in [4.78, 5) is 25.3. The largest absolute Gasteiger partial charge is 0.858 e. The molecule has 0 N–H and O–H groups in total. The Hall–Kier alpha value is -2.72. The lowest BCUT2D eigenvalue weighted by Crippen LogP contribution is -2.41. The van der Waals surface area contributed by atoms with E-state index in [1.165, 1.54) is 15.9 Å². The van der Waals surface area contributed by atoms with Crippen LogP contribution in [0.2, 0.25) is 0 Å². The standard InChI is InChI=1S/C11H21N3O2.C10H19N3O2/c1-6-11(16)13(2)9-7-8-10(15)12-14(3,4)5;1-8(2)10(15)12(3)7-9(14)11-13(4,5)6/h6H,1,7-9H2,2-5H3;1,7H2,2-6H3. The second kappa shape index (κ2) is 13.6. The Morgan fingerprint density at radius 2 is 1.39 bits per heavy atom. The minimum atomic E-state index is -0.320. The number of carbonyl (C=O) groups excluding carboxylic acids is 2. The molecule has 2 amide bonds. The highest BCUT2D eigenvalue weighted by Crippen LogP contribution is 1.98. The average Bonchev–Trinajstić information content (AvgIpc) is 2.57. The van der Waals surface area contributed by atoms with Gasteiger partial charge < -0.3 is 20.0 Å². The highest BCUT2D eigenvalue weighted by Gasteiger charge is 2.10. The van der Waals surface area contributed by atoms with Crippen molar-refractivity contribution in [2.75, 3.05) is 69.5 Å². The maximum Gasteiger partial charge on any atom is 0.248 e. The summed E-state index contributed by atoms with van der Waals surface area (Å²) in [5.74, 6) is -0.817. The van der Waals surface area contributed by atoms with Crippen molar-refractivity contribution in [1.82, 2.24) is 9.80 Å². The molecule has 0 saturated carbocycles. The summed E-state index contributed by atoms with van der Waals surface area (Å²) >= 11 is 0. The van der Waals surface area contributed by atoms with Crippen molar-refractivity contribution < 1.29 is 29.0 Å². The lowest BCUT2D eigenvalue weighted by atomic mass is 10.3. The van der Waals surface area contributed by atoms with Crippen molar-refractivity contribution in [3.8, 4) is 0 Å². The molecule has 0 aromatic carbocycles. The van der Waals surface area contributed by atoms with E-state index in [2.05, 4.69) is 23.4 Å². The van der Waals surface area contributed by atoms with Gasteiger partial charge in [-0.2, -0.15) is 0 Å². The topological polar surface area (TPSA) is 111 Å². The van der Waals surface area contributed by atoms with Gasteiger partial charge in [0.15, 0.2) is 0 Å². The predicted octanol–water partition coefficient (Wildman–Crippen LogP) is -0.808. The smallest absolute Gasteiger partial charge is 0.248 e. The first-order valence-corrected chi connectivity index (χ1v) is 9.83. The van der Waals surface area contributed by atoms with Crippen molar-refractivity contribution in [3.63, 3.8) is 0 Å². The molecule has 31 heavy (non-hydrogen) atoms. The maximum absolute atomic E-state index is 11.4. The van der Waals surface area contributed by atoms with Crippen LogP contribution in [0.15, 0.2) is 35.0 Å². The van der Waals surface area contributed by atoms with Gasteiger partial charge in [-0.3, -0.25) is 9.59 Å². The van der Waals surface area contributed by atoms with Crippen molar-refractivity contribution >= 4 is 23.6 Å². The van der Waals surface area contributed by atoms with Gasteiger partial charge >= 0.3 is 0 Å². The van der Waals surface area contributed by atoms with E-state index in [4.69, 9.17) is 0 Å². The van der Waals surface area contributed by atoms with E-state index in [0.717, 1.165) is 0 Å². The number of rotatable bonds is 10. The molecule has 0 aliphatic rings. The normalized spacial score (nSPS) is 12.4. The molecule has 10 heteroatoms. The van der Waals surface area contributed by atoms with Gasteiger partial charge in [0.05, 0.1) is 48.8 Å². The fourth-order valence-corrected chi connectivity index (χ4v) is 2.08. The Labute approximate surface area is 187 Å². The molecule has 0 rings (SSSR count). The molecular weight excluding hydrogens is 400 g/mol. The van der Waals surface area contributed by atoms with Crippen LogP contribution in [0.4, 0.5) is 0 Å². The summed E-state index contributed by atoms with van der Waals surface area (Å²) in [5, 5.41) is 30.6. The van der Waals surface area contributed by atoms with Crippen LogP contribution >= 0.6 is 0 Å². The SMILES string of the molecule is C=C(C)C(=O)N(C)CC([O-])=N[N+](C)(C)C.C=CC(=O)N(C)CCCC([O-])=N[N+](C)(C)C. The van der Waals surface area contributed by atoms with Gasteiger partial charge in [0.2, 0.25) is 11.8 Å². The average molecular weight is 441 g/mol. The van der Waals surface area contributed by atoms with Crippen molar-refractivity contribution in [1.29, 1.82) is 0 Å². The minimum Gasteiger partial charge on any atom is -0.858 e. The summed E-state index contributed by atoms with van der Waals surface area (Å²) in [6.07, 6.45) is 2.25. The third-order valence-electron chi connectivity index (χ3n) is 3.34. The van der Waals surface area contributed by atoms with Crippen molar-refractivity contribution in [2.24, 2.45) is 10.2 Å². The van der Waals surface area contributed by atoms with Crippen LogP contribution in [0.1, 0.15) is 19.8 Å². The maximum atomic E-state index is 11.4. The molecule has 10 nitrogen and oxygen atoms in total. The zero-order chi connectivity index (χ0) is 25.0.